The van der Waals surface area contributed by atoms with E-state index < -0.39 is 17.1 Å². The summed E-state index contributed by atoms with van der Waals surface area (Å²) < 4.78 is 11.7. The molecule has 0 bridgehead atoms. The van der Waals surface area contributed by atoms with E-state index in [0.717, 1.165) is 11.1 Å². The van der Waals surface area contributed by atoms with Crippen molar-refractivity contribution >= 4 is 28.4 Å². The van der Waals surface area contributed by atoms with Crippen LogP contribution in [0.25, 0.3) is 0 Å². The molecule has 1 heterocycles. The Labute approximate surface area is 145 Å². The number of benzene rings is 2. The molecule has 0 aliphatic carbocycles. The van der Waals surface area contributed by atoms with Gasteiger partial charge in [0.2, 0.25) is 0 Å². The van der Waals surface area contributed by atoms with Gasteiger partial charge in [0, 0.05) is 10.6 Å². The molecular formula is C18H16Cl2O3. The van der Waals surface area contributed by atoms with Crippen LogP contribution >= 0.6 is 23.2 Å². The molecule has 2 aromatic carbocycles. The van der Waals surface area contributed by atoms with E-state index in [0.29, 0.717) is 10.8 Å². The number of ether oxygens (including phenoxy) is 2. The van der Waals surface area contributed by atoms with Crippen LogP contribution in [0.3, 0.4) is 0 Å². The largest absolute Gasteiger partial charge is 0.455 e. The van der Waals surface area contributed by atoms with Crippen LogP contribution in [0, 0.1) is 5.92 Å². The fraction of sp³-hybridized carbons (Fsp3) is 0.278. The molecule has 0 saturated heterocycles. The van der Waals surface area contributed by atoms with E-state index in [2.05, 4.69) is 0 Å². The molecule has 1 aliphatic heterocycles. The molecule has 5 heteroatoms. The van der Waals surface area contributed by atoms with Crippen LogP contribution in [-0.4, -0.2) is 11.5 Å². The van der Waals surface area contributed by atoms with Crippen molar-refractivity contribution in [2.75, 3.05) is 0 Å². The Morgan fingerprint density at radius 3 is 2.48 bits per heavy atom. The lowest BCUT2D eigenvalue weighted by molar-refractivity contribution is -0.193. The summed E-state index contributed by atoms with van der Waals surface area (Å²) in [6, 6.07) is 15.0. The van der Waals surface area contributed by atoms with Gasteiger partial charge < -0.3 is 9.47 Å². The first-order chi connectivity index (χ1) is 10.9. The second kappa shape index (κ2) is 6.16. The van der Waals surface area contributed by atoms with E-state index in [1.54, 1.807) is 12.1 Å². The summed E-state index contributed by atoms with van der Waals surface area (Å²) >= 11 is 11.8. The molecule has 2 aromatic rings. The van der Waals surface area contributed by atoms with Crippen molar-refractivity contribution in [2.45, 2.75) is 25.7 Å². The molecule has 120 valence electrons. The maximum absolute atomic E-state index is 11.7. The molecular weight excluding hydrogens is 335 g/mol. The molecule has 2 unspecified atom stereocenters. The quantitative estimate of drug-likeness (QED) is 0.750. The van der Waals surface area contributed by atoms with E-state index in [1.165, 1.54) is 0 Å². The summed E-state index contributed by atoms with van der Waals surface area (Å²) in [7, 11) is 0. The molecule has 3 rings (SSSR count). The molecule has 1 aliphatic rings. The molecule has 0 amide bonds. The Bertz CT molecular complexity index is 730. The molecule has 0 aromatic heterocycles. The normalized spacial score (nSPS) is 23.3. The molecule has 0 fully saturated rings. The first-order valence-electron chi connectivity index (χ1n) is 7.34. The zero-order chi connectivity index (χ0) is 16.6. The zero-order valence-electron chi connectivity index (χ0n) is 12.8. The number of rotatable bonds is 3. The lowest BCUT2D eigenvalue weighted by Gasteiger charge is -2.44. The highest BCUT2D eigenvalue weighted by Gasteiger charge is 2.48. The van der Waals surface area contributed by atoms with Gasteiger partial charge in [-0.1, -0.05) is 55.8 Å². The maximum Gasteiger partial charge on any atom is 0.290 e. The van der Waals surface area contributed by atoms with Gasteiger partial charge in [0.15, 0.2) is 0 Å². The third-order valence-electron chi connectivity index (χ3n) is 4.07. The zero-order valence-corrected chi connectivity index (χ0v) is 14.3. The lowest BCUT2D eigenvalue weighted by atomic mass is 9.76. The van der Waals surface area contributed by atoms with E-state index in [-0.39, 0.29) is 5.92 Å². The minimum Gasteiger partial charge on any atom is -0.455 e. The van der Waals surface area contributed by atoms with Gasteiger partial charge in [0.05, 0.1) is 0 Å². The lowest BCUT2D eigenvalue weighted by Crippen LogP contribution is -2.47. The summed E-state index contributed by atoms with van der Waals surface area (Å²) in [5.41, 5.74) is 0.847. The van der Waals surface area contributed by atoms with Crippen LogP contribution in [0.1, 0.15) is 25.0 Å². The third-order valence-corrected chi connectivity index (χ3v) is 4.48. The molecule has 2 atom stereocenters. The Morgan fingerprint density at radius 2 is 1.87 bits per heavy atom. The van der Waals surface area contributed by atoms with Gasteiger partial charge in [-0.25, -0.2) is 0 Å². The smallest absolute Gasteiger partial charge is 0.290 e. The number of fused-ring (bicyclic) bond motifs is 1. The number of hydrogen-bond donors (Lipinski definition) is 0. The Hall–Kier alpha value is -1.55. The Kier molecular flexibility index (Phi) is 4.37. The van der Waals surface area contributed by atoms with Crippen molar-refractivity contribution in [3.8, 4) is 5.75 Å². The number of carbonyl (C=O) groups is 1. The average molecular weight is 351 g/mol. The van der Waals surface area contributed by atoms with Crippen molar-refractivity contribution < 1.29 is 14.3 Å². The van der Waals surface area contributed by atoms with Gasteiger partial charge in [-0.05, 0) is 41.3 Å². The number of carbonyl (C=O) groups excluding carboxylic acids is 1. The van der Waals surface area contributed by atoms with Crippen molar-refractivity contribution in [1.82, 2.24) is 0 Å². The van der Waals surface area contributed by atoms with Crippen molar-refractivity contribution in [3.05, 3.63) is 64.7 Å². The average Bonchev–Trinajstić information content (AvgIpc) is 2.54. The third kappa shape index (κ3) is 2.74. The highest BCUT2D eigenvalue weighted by molar-refractivity contribution is 6.64. The summed E-state index contributed by atoms with van der Waals surface area (Å²) in [5.74, 6) is 0.571. The summed E-state index contributed by atoms with van der Waals surface area (Å²) in [4.78, 5) is 11.7. The predicted octanol–water partition coefficient (Wildman–Crippen LogP) is 4.74. The fourth-order valence-corrected chi connectivity index (χ4v) is 3.31. The Morgan fingerprint density at radius 1 is 1.17 bits per heavy atom. The SMILES string of the molecule is CC(C)C1(c2ccccc2)OC(C(=O)Cl)Oc2ccc(Cl)cc21. The first-order valence-corrected chi connectivity index (χ1v) is 8.10. The first kappa shape index (κ1) is 16.3. The Balaban J connectivity index is 2.29. The number of hydrogen-bond acceptors (Lipinski definition) is 3. The van der Waals surface area contributed by atoms with Crippen LogP contribution in [0.5, 0.6) is 5.75 Å². The minimum atomic E-state index is -1.16. The van der Waals surface area contributed by atoms with E-state index in [9.17, 15) is 4.79 Å². The minimum absolute atomic E-state index is 0.0181. The van der Waals surface area contributed by atoms with Crippen LogP contribution in [0.4, 0.5) is 0 Å². The topological polar surface area (TPSA) is 35.5 Å². The van der Waals surface area contributed by atoms with Gasteiger partial charge in [0.1, 0.15) is 11.4 Å². The van der Waals surface area contributed by atoms with Gasteiger partial charge in [-0.2, -0.15) is 0 Å². The van der Waals surface area contributed by atoms with Gasteiger partial charge in [-0.15, -0.1) is 0 Å². The van der Waals surface area contributed by atoms with Gasteiger partial charge in [0.25, 0.3) is 11.5 Å². The van der Waals surface area contributed by atoms with Gasteiger partial charge >= 0.3 is 0 Å². The second-order valence-corrected chi connectivity index (χ2v) is 6.58. The highest BCUT2D eigenvalue weighted by atomic mass is 35.5. The predicted molar refractivity (Wildman–Crippen MR) is 89.9 cm³/mol. The molecule has 0 radical (unpaired) electrons. The standard InChI is InChI=1S/C18H16Cl2O3/c1-11(2)18(12-6-4-3-5-7-12)14-10-13(19)8-9-15(14)22-17(23-18)16(20)21/h3-11,17H,1-2H3. The molecule has 0 N–H and O–H groups in total. The number of halogens is 2. The van der Waals surface area contributed by atoms with Crippen LogP contribution in [0.15, 0.2) is 48.5 Å². The molecule has 23 heavy (non-hydrogen) atoms. The van der Waals surface area contributed by atoms with E-state index in [1.807, 2.05) is 50.2 Å². The monoisotopic (exact) mass is 350 g/mol. The summed E-state index contributed by atoms with van der Waals surface area (Å²) in [6.45, 7) is 4.05. The summed E-state index contributed by atoms with van der Waals surface area (Å²) in [6.07, 6.45) is -1.16. The van der Waals surface area contributed by atoms with Crippen LogP contribution in [-0.2, 0) is 15.1 Å². The highest BCUT2D eigenvalue weighted by Crippen LogP contribution is 2.49. The van der Waals surface area contributed by atoms with Crippen LogP contribution in [0.2, 0.25) is 5.02 Å². The van der Waals surface area contributed by atoms with Gasteiger partial charge in [-0.3, -0.25) is 4.79 Å². The van der Waals surface area contributed by atoms with Crippen molar-refractivity contribution in [3.63, 3.8) is 0 Å². The second-order valence-electron chi connectivity index (χ2n) is 5.77. The van der Waals surface area contributed by atoms with Crippen LogP contribution < -0.4 is 4.74 Å². The molecule has 0 spiro atoms. The van der Waals surface area contributed by atoms with E-state index in [4.69, 9.17) is 32.7 Å². The fourth-order valence-electron chi connectivity index (χ4n) is 3.05. The van der Waals surface area contributed by atoms with E-state index >= 15 is 0 Å². The van der Waals surface area contributed by atoms with Crippen molar-refractivity contribution in [2.24, 2.45) is 5.92 Å². The van der Waals surface area contributed by atoms with Crippen molar-refractivity contribution in [1.29, 1.82) is 0 Å². The maximum atomic E-state index is 11.7. The molecule has 0 saturated carbocycles. The summed E-state index contributed by atoms with van der Waals surface area (Å²) in [5, 5.41) is -0.112. The molecule has 3 nitrogen and oxygen atoms in total.